The number of nitrogens with one attached hydrogen (secondary N) is 5. The minimum absolute atomic E-state index is 0.0185. The Balaban J connectivity index is 1.18. The summed E-state index contributed by atoms with van der Waals surface area (Å²) in [6.45, 7) is 4.13. The van der Waals surface area contributed by atoms with E-state index in [-0.39, 0.29) is 46.9 Å². The predicted octanol–water partition coefficient (Wildman–Crippen LogP) is 6.74. The largest absolute Gasteiger partial charge is 0.460 e. The third-order valence-corrected chi connectivity index (χ3v) is 10.8. The van der Waals surface area contributed by atoms with E-state index in [9.17, 15) is 45.1 Å². The van der Waals surface area contributed by atoms with Crippen LogP contribution in [0.2, 0.25) is 0 Å². The molecule has 2 aliphatic rings. The average Bonchev–Trinajstić information content (AvgIpc) is 3.62. The average molecular weight is 804 g/mol. The Hall–Kier alpha value is -5.03. The van der Waals surface area contributed by atoms with Gasteiger partial charge in [0.2, 0.25) is 11.8 Å². The van der Waals surface area contributed by atoms with Gasteiger partial charge in [-0.05, 0) is 124 Å². The summed E-state index contributed by atoms with van der Waals surface area (Å²) in [7, 11) is 0. The molecule has 0 radical (unpaired) electrons. The number of benzene rings is 3. The molecule has 306 valence electrons. The first-order valence-electron chi connectivity index (χ1n) is 18.8. The van der Waals surface area contributed by atoms with Gasteiger partial charge in [-0.2, -0.15) is 30.7 Å². The maximum Gasteiger partial charge on any atom is 0.460 e. The molecule has 7 N–H and O–H groups in total. The molecule has 3 amide bonds. The molecule has 1 saturated carbocycles. The van der Waals surface area contributed by atoms with Crippen molar-refractivity contribution in [2.24, 2.45) is 17.6 Å². The van der Waals surface area contributed by atoms with E-state index >= 15 is 0 Å². The van der Waals surface area contributed by atoms with Gasteiger partial charge in [-0.1, -0.05) is 30.3 Å². The van der Waals surface area contributed by atoms with Crippen LogP contribution >= 0.6 is 0 Å². The molecule has 2 heterocycles. The number of rotatable bonds is 12. The Labute approximate surface area is 323 Å². The SMILES string of the molecule is Cc1cc(C(=O)NC2CCNCC2)ccc1-c1ccc(C[C@H](NC(=O)C2CCC(CN)CC2)C(=O)Nc2ccc3nc(C(F)(F)C(F)(F)C(F)(F)F)[nH]c3c2)cc1. The Kier molecular flexibility index (Phi) is 12.3. The van der Waals surface area contributed by atoms with E-state index in [0.29, 0.717) is 36.4 Å². The summed E-state index contributed by atoms with van der Waals surface area (Å²) in [5.41, 5.74) is 8.99. The fourth-order valence-electron chi connectivity index (χ4n) is 7.37. The fraction of sp³-hybridized carbons (Fsp3) is 0.450. The second-order valence-electron chi connectivity index (χ2n) is 14.9. The van der Waals surface area contributed by atoms with Gasteiger partial charge in [0.25, 0.3) is 5.91 Å². The van der Waals surface area contributed by atoms with E-state index in [1.54, 1.807) is 18.2 Å². The van der Waals surface area contributed by atoms with Crippen LogP contribution in [0.25, 0.3) is 22.2 Å². The van der Waals surface area contributed by atoms with Gasteiger partial charge in [-0.25, -0.2) is 4.98 Å². The summed E-state index contributed by atoms with van der Waals surface area (Å²) in [5.74, 6) is -15.2. The van der Waals surface area contributed by atoms with Gasteiger partial charge in [0.15, 0.2) is 5.82 Å². The normalized spacial score (nSPS) is 18.9. The van der Waals surface area contributed by atoms with Crippen LogP contribution in [0.4, 0.5) is 36.4 Å². The van der Waals surface area contributed by atoms with Crippen molar-refractivity contribution in [1.82, 2.24) is 25.9 Å². The van der Waals surface area contributed by atoms with Crippen molar-refractivity contribution in [3.05, 3.63) is 83.2 Å². The van der Waals surface area contributed by atoms with Gasteiger partial charge in [0.05, 0.1) is 11.0 Å². The van der Waals surface area contributed by atoms with E-state index in [0.717, 1.165) is 67.6 Å². The number of imidazole rings is 1. The molecule has 0 spiro atoms. The Morgan fingerprint density at radius 3 is 2.19 bits per heavy atom. The number of hydrogen-bond donors (Lipinski definition) is 6. The molecule has 3 aromatic carbocycles. The highest BCUT2D eigenvalue weighted by Gasteiger charge is 2.75. The van der Waals surface area contributed by atoms with Crippen LogP contribution in [0, 0.1) is 18.8 Å². The number of hydrogen-bond acceptors (Lipinski definition) is 6. The first-order valence-corrected chi connectivity index (χ1v) is 18.8. The molecule has 4 aromatic rings. The summed E-state index contributed by atoms with van der Waals surface area (Å²) >= 11 is 0. The number of halogens is 7. The quantitative estimate of drug-likeness (QED) is 0.0873. The number of carbonyl (C=O) groups excluding carboxylic acids is 3. The summed E-state index contributed by atoms with van der Waals surface area (Å²) in [6, 6.07) is 15.2. The van der Waals surface area contributed by atoms with Crippen molar-refractivity contribution >= 4 is 34.4 Å². The highest BCUT2D eigenvalue weighted by atomic mass is 19.4. The second kappa shape index (κ2) is 16.8. The number of aromatic amines is 1. The van der Waals surface area contributed by atoms with Crippen molar-refractivity contribution in [1.29, 1.82) is 0 Å². The number of alkyl halides is 7. The topological polar surface area (TPSA) is 154 Å². The highest BCUT2D eigenvalue weighted by Crippen LogP contribution is 2.51. The third kappa shape index (κ3) is 9.25. The summed E-state index contributed by atoms with van der Waals surface area (Å²) in [4.78, 5) is 45.2. The number of aromatic nitrogens is 2. The lowest BCUT2D eigenvalue weighted by molar-refractivity contribution is -0.361. The van der Waals surface area contributed by atoms with Crippen molar-refractivity contribution in [3.8, 4) is 11.1 Å². The van der Waals surface area contributed by atoms with E-state index in [2.05, 4.69) is 26.3 Å². The predicted molar refractivity (Wildman–Crippen MR) is 200 cm³/mol. The molecular formula is C40H44F7N7O3. The zero-order valence-electron chi connectivity index (χ0n) is 31.0. The minimum Gasteiger partial charge on any atom is -0.349 e. The number of nitrogens with zero attached hydrogens (tertiary/aromatic N) is 1. The number of H-pyrrole nitrogens is 1. The van der Waals surface area contributed by atoms with Crippen LogP contribution in [0.5, 0.6) is 0 Å². The number of carbonyl (C=O) groups is 3. The Morgan fingerprint density at radius 2 is 1.56 bits per heavy atom. The van der Waals surface area contributed by atoms with Gasteiger partial charge in [0.1, 0.15) is 6.04 Å². The summed E-state index contributed by atoms with van der Waals surface area (Å²) in [6.07, 6.45) is -2.08. The lowest BCUT2D eigenvalue weighted by Gasteiger charge is -2.28. The maximum atomic E-state index is 14.4. The van der Waals surface area contributed by atoms with Crippen molar-refractivity contribution < 1.29 is 45.1 Å². The second-order valence-corrected chi connectivity index (χ2v) is 14.9. The molecule has 10 nitrogen and oxygen atoms in total. The molecule has 1 atom stereocenters. The fourth-order valence-corrected chi connectivity index (χ4v) is 7.37. The van der Waals surface area contributed by atoms with Crippen LogP contribution in [-0.2, 0) is 21.9 Å². The lowest BCUT2D eigenvalue weighted by atomic mass is 9.81. The van der Waals surface area contributed by atoms with E-state index in [4.69, 9.17) is 5.73 Å². The number of anilines is 1. The Morgan fingerprint density at radius 1 is 0.877 bits per heavy atom. The summed E-state index contributed by atoms with van der Waals surface area (Å²) in [5, 5.41) is 11.8. The van der Waals surface area contributed by atoms with Crippen LogP contribution in [-0.4, -0.2) is 71.5 Å². The van der Waals surface area contributed by atoms with Crippen molar-refractivity contribution in [2.45, 2.75) is 82.0 Å². The number of nitrogens with two attached hydrogens (primary N) is 1. The minimum atomic E-state index is -6.55. The number of piperidine rings is 1. The monoisotopic (exact) mass is 803 g/mol. The molecule has 57 heavy (non-hydrogen) atoms. The summed E-state index contributed by atoms with van der Waals surface area (Å²) < 4.78 is 94.5. The molecular weight excluding hydrogens is 759 g/mol. The van der Waals surface area contributed by atoms with Crippen molar-refractivity contribution in [3.63, 3.8) is 0 Å². The molecule has 1 aliphatic heterocycles. The number of aryl methyl sites for hydroxylation is 1. The number of fused-ring (bicyclic) bond motifs is 1. The van der Waals surface area contributed by atoms with E-state index in [1.165, 1.54) is 6.07 Å². The van der Waals surface area contributed by atoms with Crippen LogP contribution in [0.15, 0.2) is 60.7 Å². The van der Waals surface area contributed by atoms with Crippen LogP contribution in [0.3, 0.4) is 0 Å². The molecule has 6 rings (SSSR count). The molecule has 1 aromatic heterocycles. The maximum absolute atomic E-state index is 14.4. The first kappa shape index (κ1) is 41.6. The van der Waals surface area contributed by atoms with Gasteiger partial charge in [-0.15, -0.1) is 0 Å². The van der Waals surface area contributed by atoms with E-state index in [1.807, 2.05) is 36.2 Å². The zero-order valence-corrected chi connectivity index (χ0v) is 31.0. The smallest absolute Gasteiger partial charge is 0.349 e. The Bertz CT molecular complexity index is 2070. The standard InChI is InChI=1S/C40H44F7N7O3/c1-22-18-27(35(56)50-28-14-16-49-17-15-28)10-12-30(22)25-6-2-23(3-7-25)19-33(52-34(55)26-8-4-24(21-48)5-9-26)36(57)51-29-11-13-31-32(20-29)54-37(53-31)38(41,42)39(43,44)40(45,46)47/h2-3,6-7,10-13,18,20,24,26,28,33,49H,4-5,8-9,14-17,19,21,48H2,1H3,(H,50,56)(H,51,57)(H,52,55)(H,53,54)/t24?,26?,33-/m0/s1. The third-order valence-electron chi connectivity index (χ3n) is 10.8. The van der Waals surface area contributed by atoms with Crippen LogP contribution in [0.1, 0.15) is 65.8 Å². The molecule has 1 saturated heterocycles. The highest BCUT2D eigenvalue weighted by molar-refractivity contribution is 5.99. The van der Waals surface area contributed by atoms with Gasteiger partial charge >= 0.3 is 18.0 Å². The molecule has 0 unspecified atom stereocenters. The van der Waals surface area contributed by atoms with Crippen LogP contribution < -0.4 is 27.0 Å². The lowest BCUT2D eigenvalue weighted by Crippen LogP contribution is -2.50. The first-order chi connectivity index (χ1) is 27.0. The molecule has 1 aliphatic carbocycles. The van der Waals surface area contributed by atoms with Crippen molar-refractivity contribution in [2.75, 3.05) is 25.0 Å². The van der Waals surface area contributed by atoms with Gasteiger partial charge < -0.3 is 32.0 Å². The van der Waals surface area contributed by atoms with Gasteiger partial charge in [0, 0.05) is 29.6 Å². The zero-order chi connectivity index (χ0) is 41.1. The van der Waals surface area contributed by atoms with E-state index < -0.39 is 35.8 Å². The molecule has 2 fully saturated rings. The molecule has 17 heteroatoms. The number of amides is 3. The molecule has 0 bridgehead atoms. The van der Waals surface area contributed by atoms with Gasteiger partial charge in [-0.3, -0.25) is 14.4 Å².